The van der Waals surface area contributed by atoms with Gasteiger partial charge in [-0.3, -0.25) is 29.3 Å². The average molecular weight is 486 g/mol. The largest absolute Gasteiger partial charge is 0.349 e. The van der Waals surface area contributed by atoms with Gasteiger partial charge in [-0.25, -0.2) is 9.29 Å². The monoisotopic (exact) mass is 486 g/mol. The lowest BCUT2D eigenvalue weighted by Crippen LogP contribution is -2.51. The molecule has 3 aromatic rings. The van der Waals surface area contributed by atoms with E-state index in [1.807, 2.05) is 0 Å². The number of non-ortho nitro benzene ring substituents is 1. The third kappa shape index (κ3) is 2.73. The van der Waals surface area contributed by atoms with Crippen molar-refractivity contribution in [2.45, 2.75) is 11.7 Å². The number of imide groups is 1. The molecule has 0 N–H and O–H groups in total. The highest BCUT2D eigenvalue weighted by Gasteiger charge is 2.74. The molecule has 3 atom stereocenters. The van der Waals surface area contributed by atoms with Crippen LogP contribution in [-0.4, -0.2) is 33.9 Å². The van der Waals surface area contributed by atoms with Gasteiger partial charge < -0.3 is 4.74 Å². The second-order valence-electron chi connectivity index (χ2n) is 8.82. The molecule has 36 heavy (non-hydrogen) atoms. The molecular weight excluding hydrogens is 471 g/mol. The number of fused-ring (bicyclic) bond motifs is 3. The Morgan fingerprint density at radius 3 is 1.97 bits per heavy atom. The van der Waals surface area contributed by atoms with Gasteiger partial charge in [-0.2, -0.15) is 0 Å². The van der Waals surface area contributed by atoms with E-state index in [0.717, 1.165) is 29.2 Å². The molecule has 3 aliphatic rings. The summed E-state index contributed by atoms with van der Waals surface area (Å²) in [5, 5.41) is 11.0. The van der Waals surface area contributed by atoms with Gasteiger partial charge in [0, 0.05) is 23.3 Å². The molecule has 0 unspecified atom stereocenters. The molecule has 10 heteroatoms. The van der Waals surface area contributed by atoms with Gasteiger partial charge in [0.25, 0.3) is 5.69 Å². The second-order valence-corrected chi connectivity index (χ2v) is 8.82. The fourth-order valence-corrected chi connectivity index (χ4v) is 5.45. The molecule has 178 valence electrons. The first-order valence-electron chi connectivity index (χ1n) is 11.0. The number of anilines is 1. The number of nitrogens with zero attached hydrogens (tertiary/aromatic N) is 2. The van der Waals surface area contributed by atoms with Crippen molar-refractivity contribution in [2.24, 2.45) is 11.8 Å². The summed E-state index contributed by atoms with van der Waals surface area (Å²) in [5.41, 5.74) is -1.92. The molecule has 2 aliphatic heterocycles. The number of benzene rings is 3. The minimum Gasteiger partial charge on any atom is -0.349 e. The van der Waals surface area contributed by atoms with Crippen LogP contribution in [0.4, 0.5) is 15.8 Å². The lowest BCUT2D eigenvalue weighted by Gasteiger charge is -2.27. The molecule has 1 aliphatic carbocycles. The molecular formula is C26H15FN2O7. The highest BCUT2D eigenvalue weighted by atomic mass is 19.1. The third-order valence-corrected chi connectivity index (χ3v) is 7.04. The smallest absolute Gasteiger partial charge is 0.269 e. The van der Waals surface area contributed by atoms with Crippen LogP contribution in [0.3, 0.4) is 0 Å². The number of ketones is 2. The van der Waals surface area contributed by atoms with Crippen LogP contribution in [0.1, 0.15) is 32.4 Å². The maximum absolute atomic E-state index is 13.8. The zero-order valence-corrected chi connectivity index (χ0v) is 18.3. The SMILES string of the molecule is O=C1[C@@H]2[C@@H](C(=O)N1c1ccc([N+](=O)[O-])cc1)C1(O[C@H]2c2ccc(F)cc2)C(=O)c2ccccc2C1=O. The standard InChI is InChI=1S/C26H15FN2O7/c27-14-7-5-13(6-8-14)21-19-20(26(36-21)22(30)17-3-1-2-4-18(17)23(26)31)25(33)28(24(19)32)15-9-11-16(12-10-15)29(34)35/h1-12,19-21H/t19-,20+,21+/m1/s1. The quantitative estimate of drug-likeness (QED) is 0.240. The van der Waals surface area contributed by atoms with Crippen LogP contribution >= 0.6 is 0 Å². The van der Waals surface area contributed by atoms with E-state index in [-0.39, 0.29) is 22.5 Å². The number of Topliss-reactive ketones (excluding diaryl/α,β-unsaturated/α-hetero) is 2. The van der Waals surface area contributed by atoms with Crippen LogP contribution in [0.2, 0.25) is 0 Å². The number of carbonyl (C=O) groups is 4. The van der Waals surface area contributed by atoms with Crippen LogP contribution in [0.5, 0.6) is 0 Å². The summed E-state index contributed by atoms with van der Waals surface area (Å²) in [4.78, 5) is 66.0. The Labute approximate surface area is 202 Å². The van der Waals surface area contributed by atoms with E-state index in [1.54, 1.807) is 12.1 Å². The van der Waals surface area contributed by atoms with Crippen molar-refractivity contribution in [3.63, 3.8) is 0 Å². The first kappa shape index (κ1) is 21.9. The lowest BCUT2D eigenvalue weighted by molar-refractivity contribution is -0.384. The lowest BCUT2D eigenvalue weighted by atomic mass is 9.77. The van der Waals surface area contributed by atoms with Crippen LogP contribution in [0, 0.1) is 27.8 Å². The normalized spacial score (nSPS) is 23.9. The Morgan fingerprint density at radius 1 is 0.833 bits per heavy atom. The summed E-state index contributed by atoms with van der Waals surface area (Å²) in [6, 6.07) is 15.9. The van der Waals surface area contributed by atoms with E-state index in [2.05, 4.69) is 0 Å². The van der Waals surface area contributed by atoms with Crippen molar-refractivity contribution in [1.82, 2.24) is 0 Å². The fraction of sp³-hybridized carbons (Fsp3) is 0.154. The van der Waals surface area contributed by atoms with Crippen LogP contribution in [0.25, 0.3) is 0 Å². The van der Waals surface area contributed by atoms with Gasteiger partial charge in [0.15, 0.2) is 0 Å². The molecule has 9 nitrogen and oxygen atoms in total. The number of amides is 2. The van der Waals surface area contributed by atoms with E-state index in [0.29, 0.717) is 5.56 Å². The predicted molar refractivity (Wildman–Crippen MR) is 121 cm³/mol. The highest BCUT2D eigenvalue weighted by Crippen LogP contribution is 2.57. The van der Waals surface area contributed by atoms with Gasteiger partial charge in [-0.05, 0) is 29.8 Å². The molecule has 3 aromatic carbocycles. The Bertz CT molecular complexity index is 1460. The average Bonchev–Trinajstić information content (AvgIpc) is 3.44. The number of hydrogen-bond acceptors (Lipinski definition) is 7. The Hall–Kier alpha value is -4.57. The summed E-state index contributed by atoms with van der Waals surface area (Å²) in [7, 11) is 0. The van der Waals surface area contributed by atoms with Crippen molar-refractivity contribution in [3.8, 4) is 0 Å². The van der Waals surface area contributed by atoms with Gasteiger partial charge in [0.05, 0.1) is 28.6 Å². The van der Waals surface area contributed by atoms with Gasteiger partial charge in [0.2, 0.25) is 29.0 Å². The number of ether oxygens (including phenoxy) is 1. The summed E-state index contributed by atoms with van der Waals surface area (Å²) in [6.45, 7) is 0. The van der Waals surface area contributed by atoms with E-state index in [1.165, 1.54) is 36.4 Å². The Kier molecular flexibility index (Phi) is 4.55. The van der Waals surface area contributed by atoms with Crippen molar-refractivity contribution in [2.75, 3.05) is 4.90 Å². The van der Waals surface area contributed by atoms with E-state index < -0.39 is 57.7 Å². The number of hydrogen-bond donors (Lipinski definition) is 0. The predicted octanol–water partition coefficient (Wildman–Crippen LogP) is 3.43. The zero-order valence-electron chi connectivity index (χ0n) is 18.3. The number of halogens is 1. The molecule has 2 amide bonds. The van der Waals surface area contributed by atoms with E-state index in [4.69, 9.17) is 4.74 Å². The molecule has 2 saturated heterocycles. The molecule has 6 rings (SSSR count). The zero-order chi connectivity index (χ0) is 25.4. The highest BCUT2D eigenvalue weighted by molar-refractivity contribution is 6.37. The van der Waals surface area contributed by atoms with Crippen molar-refractivity contribution >= 4 is 34.8 Å². The number of nitro benzene ring substituents is 1. The van der Waals surface area contributed by atoms with Gasteiger partial charge in [0.1, 0.15) is 5.82 Å². The van der Waals surface area contributed by atoms with Crippen molar-refractivity contribution in [3.05, 3.63) is 105 Å². The molecule has 0 radical (unpaired) electrons. The van der Waals surface area contributed by atoms with Crippen molar-refractivity contribution in [1.29, 1.82) is 0 Å². The molecule has 0 aromatic heterocycles. The maximum Gasteiger partial charge on any atom is 0.269 e. The third-order valence-electron chi connectivity index (χ3n) is 7.04. The number of nitro groups is 1. The topological polar surface area (TPSA) is 124 Å². The second kappa shape index (κ2) is 7.46. The minimum absolute atomic E-state index is 0.0633. The molecule has 0 saturated carbocycles. The van der Waals surface area contributed by atoms with Crippen molar-refractivity contribution < 1.29 is 33.2 Å². The first-order chi connectivity index (χ1) is 17.3. The van der Waals surface area contributed by atoms with Gasteiger partial charge in [-0.15, -0.1) is 0 Å². The first-order valence-corrected chi connectivity index (χ1v) is 11.0. The summed E-state index contributed by atoms with van der Waals surface area (Å²) < 4.78 is 19.7. The minimum atomic E-state index is -2.25. The van der Waals surface area contributed by atoms with Crippen LogP contribution in [0.15, 0.2) is 72.8 Å². The number of rotatable bonds is 3. The van der Waals surface area contributed by atoms with Crippen LogP contribution < -0.4 is 4.90 Å². The summed E-state index contributed by atoms with van der Waals surface area (Å²) in [5.74, 6) is -6.23. The van der Waals surface area contributed by atoms with Crippen LogP contribution in [-0.2, 0) is 14.3 Å². The fourth-order valence-electron chi connectivity index (χ4n) is 5.45. The molecule has 0 bridgehead atoms. The maximum atomic E-state index is 13.8. The van der Waals surface area contributed by atoms with Gasteiger partial charge >= 0.3 is 0 Å². The Balaban J connectivity index is 1.51. The number of carbonyl (C=O) groups excluding carboxylic acids is 4. The molecule has 2 fully saturated rings. The van der Waals surface area contributed by atoms with E-state index >= 15 is 0 Å². The van der Waals surface area contributed by atoms with Gasteiger partial charge in [-0.1, -0.05) is 36.4 Å². The molecule has 1 spiro atoms. The van der Waals surface area contributed by atoms with E-state index in [9.17, 15) is 33.7 Å². The molecule has 2 heterocycles. The Morgan fingerprint density at radius 2 is 1.42 bits per heavy atom. The summed E-state index contributed by atoms with van der Waals surface area (Å²) in [6.07, 6.45) is -1.18. The summed E-state index contributed by atoms with van der Waals surface area (Å²) >= 11 is 0.